The van der Waals surface area contributed by atoms with Crippen molar-refractivity contribution in [3.8, 4) is 77.9 Å². The maximum absolute atomic E-state index is 4.93. The normalized spacial score (nSPS) is 12.0. The van der Waals surface area contributed by atoms with Gasteiger partial charge in [0, 0.05) is 0 Å². The molecule has 0 spiro atoms. The monoisotopic (exact) mass is 1310 g/mol. The summed E-state index contributed by atoms with van der Waals surface area (Å²) in [7, 11) is 4.67. The van der Waals surface area contributed by atoms with Gasteiger partial charge >= 0.3 is 37.9 Å². The van der Waals surface area contributed by atoms with Gasteiger partial charge in [-0.3, -0.25) is 0 Å². The number of rotatable bonds is 10. The van der Waals surface area contributed by atoms with Crippen LogP contribution in [0.3, 0.4) is 0 Å². The number of halogens is 2. The Morgan fingerprint density at radius 3 is 1.05 bits per heavy atom. The van der Waals surface area contributed by atoms with Gasteiger partial charge in [0.2, 0.25) is 0 Å². The smallest absolute Gasteiger partial charge is 0.0920 e. The average Bonchev–Trinajstić information content (AvgIpc) is 1.52. The summed E-state index contributed by atoms with van der Waals surface area (Å²) in [6, 6.07) is 95.3. The van der Waals surface area contributed by atoms with Gasteiger partial charge in [0.15, 0.2) is 0 Å². The van der Waals surface area contributed by atoms with Crippen LogP contribution in [0.2, 0.25) is 78.6 Å². The molecule has 0 amide bonds. The van der Waals surface area contributed by atoms with Crippen LogP contribution in [0, 0.1) is 6.07 Å². The molecule has 0 N–H and O–H groups in total. The van der Waals surface area contributed by atoms with Crippen molar-refractivity contribution in [2.45, 2.75) is 78.6 Å². The predicted octanol–water partition coefficient (Wildman–Crippen LogP) is 19.8. The predicted molar refractivity (Wildman–Crippen MR) is 391 cm³/mol. The second kappa shape index (κ2) is 26.7. The molecule has 12 aromatic carbocycles. The molecule has 86 heavy (non-hydrogen) atoms. The molecule has 13 rings (SSSR count). The molecule has 2 radical (unpaired) electrons. The fourth-order valence-electron chi connectivity index (χ4n) is 11.5. The summed E-state index contributed by atoms with van der Waals surface area (Å²) in [6.07, 6.45) is 0. The molecular weight excluding hydrogens is 1240 g/mol. The van der Waals surface area contributed by atoms with Crippen molar-refractivity contribution in [3.05, 3.63) is 255 Å². The second-order valence-corrected chi connectivity index (χ2v) is 52.1. The standard InChI is InChI=1S/2C33H35Si2.C12H7Si.2ClH.Zr/c2*1-34(2,3)29-20-28(21-30(23-29)35(4,5)6)33-31(25-15-11-8-12-16-25)18-17-26-19-27(22-32(26)33)24-13-9-7-10-14-24;1-3-7-11-9(5-1)10-6-2-4-8-12(10)13-11;;;/h2*7-23H,1-6H3;1-7H;2*1H;/q3*-1;;;+2/p-2. The van der Waals surface area contributed by atoms with E-state index in [1.807, 2.05) is 6.07 Å². The van der Waals surface area contributed by atoms with E-state index in [-0.39, 0.29) is 0 Å². The second-order valence-electron chi connectivity index (χ2n) is 26.7. The first-order chi connectivity index (χ1) is 41.1. The summed E-state index contributed by atoms with van der Waals surface area (Å²) in [5.74, 6) is 0. The van der Waals surface area contributed by atoms with Crippen LogP contribution in [0.1, 0.15) is 0 Å². The van der Waals surface area contributed by atoms with Crippen LogP contribution >= 0.6 is 17.0 Å². The third kappa shape index (κ3) is 14.6. The van der Waals surface area contributed by atoms with Gasteiger partial charge in [-0.05, 0) is 44.5 Å². The number of hydrogen-bond donors (Lipinski definition) is 0. The van der Waals surface area contributed by atoms with Crippen molar-refractivity contribution >= 4 is 112 Å². The van der Waals surface area contributed by atoms with Crippen molar-refractivity contribution < 1.29 is 20.8 Å². The van der Waals surface area contributed by atoms with E-state index >= 15 is 0 Å². The van der Waals surface area contributed by atoms with Crippen LogP contribution in [-0.4, -0.2) is 41.8 Å². The van der Waals surface area contributed by atoms with Crippen LogP contribution in [0.25, 0.3) is 99.4 Å². The molecule has 0 nitrogen and oxygen atoms in total. The fourth-order valence-corrected chi connectivity index (χ4v) is 17.8. The molecule has 0 saturated heterocycles. The zero-order valence-electron chi connectivity index (χ0n) is 51.9. The van der Waals surface area contributed by atoms with Crippen molar-refractivity contribution in [1.82, 2.24) is 0 Å². The molecule has 0 saturated carbocycles. The van der Waals surface area contributed by atoms with E-state index in [9.17, 15) is 0 Å². The van der Waals surface area contributed by atoms with E-state index in [4.69, 9.17) is 17.0 Å². The van der Waals surface area contributed by atoms with E-state index in [1.165, 1.54) is 110 Å². The fraction of sp³-hybridized carbons (Fsp3) is 0.154. The van der Waals surface area contributed by atoms with Crippen molar-refractivity contribution in [3.63, 3.8) is 0 Å². The van der Waals surface area contributed by atoms with Crippen molar-refractivity contribution in [1.29, 1.82) is 0 Å². The van der Waals surface area contributed by atoms with Gasteiger partial charge in [0.05, 0.1) is 41.8 Å². The minimum absolute atomic E-state index is 0.795. The maximum Gasteiger partial charge on any atom is 0.0920 e. The minimum atomic E-state index is -1.50. The summed E-state index contributed by atoms with van der Waals surface area (Å²) in [5.41, 5.74) is 18.6. The van der Waals surface area contributed by atoms with Gasteiger partial charge in [-0.15, -0.1) is 74.6 Å². The van der Waals surface area contributed by atoms with Crippen LogP contribution in [-0.2, 0) is 20.8 Å². The Morgan fingerprint density at radius 2 is 0.674 bits per heavy atom. The SMILES string of the molecule is C[Si](C)(C)c1cc(-c2c(-c3ccccc3)ccc3[cH-]c(-c4ccccc4)cc23)cc([Si](C)(C)C)c1.C[Si](C)(C)c1cc(-c2c(-c3ccccc3)ccc3[cH-]c(-c4ccccc4)cc23)cc([Si](C)(C)C)c1.[Cl][Zr][Cl].[c-]1cccc2c1[Si]c1ccccc1-2. The molecule has 8 heteroatoms. The molecule has 0 fully saturated rings. The van der Waals surface area contributed by atoms with E-state index in [1.54, 1.807) is 20.7 Å². The number of benzene rings is 10. The van der Waals surface area contributed by atoms with E-state index in [0.29, 0.717) is 0 Å². The van der Waals surface area contributed by atoms with Crippen LogP contribution in [0.5, 0.6) is 0 Å². The number of hydrogen-bond acceptors (Lipinski definition) is 0. The summed E-state index contributed by atoms with van der Waals surface area (Å²) in [4.78, 5) is 0. The third-order valence-electron chi connectivity index (χ3n) is 16.4. The maximum atomic E-state index is 4.93. The zero-order valence-corrected chi connectivity index (χ0v) is 60.9. The molecule has 0 aliphatic carbocycles. The Kier molecular flexibility index (Phi) is 19.6. The first-order valence-corrected chi connectivity index (χ1v) is 51.3. The quantitative estimate of drug-likeness (QED) is 0.0946. The molecule has 430 valence electrons. The van der Waals surface area contributed by atoms with E-state index in [2.05, 4.69) is 327 Å². The summed E-state index contributed by atoms with van der Waals surface area (Å²) in [6.45, 7) is 29.6. The third-order valence-corrected chi connectivity index (χ3v) is 25.9. The van der Waals surface area contributed by atoms with Crippen LogP contribution < -0.4 is 31.1 Å². The molecule has 0 aromatic heterocycles. The van der Waals surface area contributed by atoms with E-state index in [0.717, 1.165) is 9.52 Å². The van der Waals surface area contributed by atoms with Crippen molar-refractivity contribution in [2.75, 3.05) is 0 Å². The first-order valence-electron chi connectivity index (χ1n) is 29.9. The molecule has 0 bridgehead atoms. The Morgan fingerprint density at radius 1 is 0.337 bits per heavy atom. The van der Waals surface area contributed by atoms with Gasteiger partial charge in [-0.25, -0.2) is 0 Å². The van der Waals surface area contributed by atoms with Gasteiger partial charge in [0.25, 0.3) is 0 Å². The topological polar surface area (TPSA) is 0 Å². The Labute approximate surface area is 538 Å². The average molecular weight is 1320 g/mol. The van der Waals surface area contributed by atoms with Gasteiger partial charge in [-0.1, -0.05) is 315 Å². The Hall–Kier alpha value is -6.03. The van der Waals surface area contributed by atoms with Gasteiger partial charge in [0.1, 0.15) is 0 Å². The minimum Gasteiger partial charge on any atom is -0.184 e. The summed E-state index contributed by atoms with van der Waals surface area (Å²) >= 11 is -0.826. The molecule has 12 aromatic rings. The molecule has 1 aliphatic rings. The van der Waals surface area contributed by atoms with Crippen molar-refractivity contribution in [2.24, 2.45) is 0 Å². The molecule has 0 atom stereocenters. The molecule has 0 unspecified atom stereocenters. The van der Waals surface area contributed by atoms with Gasteiger partial charge < -0.3 is 0 Å². The van der Waals surface area contributed by atoms with E-state index < -0.39 is 53.1 Å². The first kappa shape index (κ1) is 63.0. The zero-order chi connectivity index (χ0) is 61.0. The Bertz CT molecular complexity index is 3930. The number of fused-ring (bicyclic) bond motifs is 5. The summed E-state index contributed by atoms with van der Waals surface area (Å²) < 4.78 is 0. The van der Waals surface area contributed by atoms with Gasteiger partial charge in [-0.2, -0.15) is 29.5 Å². The molecule has 1 aliphatic heterocycles. The molecular formula is C78H77Cl2Si5Zr-3. The summed E-state index contributed by atoms with van der Waals surface area (Å²) in [5, 5.41) is 14.4. The van der Waals surface area contributed by atoms with Crippen LogP contribution in [0.15, 0.2) is 249 Å². The molecule has 1 heterocycles. The largest absolute Gasteiger partial charge is 0.184 e. The van der Waals surface area contributed by atoms with Crippen LogP contribution in [0.4, 0.5) is 0 Å². The Balaban J connectivity index is 0.000000152.